The van der Waals surface area contributed by atoms with E-state index in [1.807, 2.05) is 0 Å². The lowest BCUT2D eigenvalue weighted by Gasteiger charge is -2.22. The zero-order chi connectivity index (χ0) is 19.0. The molecular formula is C18H13NO7. The molecule has 8 heteroatoms. The van der Waals surface area contributed by atoms with Gasteiger partial charge in [-0.15, -0.1) is 0 Å². The lowest BCUT2D eigenvalue weighted by molar-refractivity contribution is -0.416. The molecule has 132 valence electrons. The Labute approximate surface area is 147 Å². The van der Waals surface area contributed by atoms with E-state index in [-0.39, 0.29) is 16.7 Å². The zero-order valence-corrected chi connectivity index (χ0v) is 13.8. The van der Waals surface area contributed by atoms with E-state index in [0.717, 1.165) is 14.2 Å². The molecule has 0 amide bonds. The maximum Gasteiger partial charge on any atom is 0.324 e. The predicted octanol–water partition coefficient (Wildman–Crippen LogP) is 1.99. The third-order valence-electron chi connectivity index (χ3n) is 4.25. The molecule has 8 nitrogen and oxygen atoms in total. The van der Waals surface area contributed by atoms with Gasteiger partial charge < -0.3 is 9.47 Å². The standard InChI is InChI=1S/C18H13NO7/c1-25-17(21)14(18(22)26-2)13-10-7-3-5-9-6-4-8-11(12(9)10)16(20)15(13)19(23)24/h3-8,14H,1-2H3. The van der Waals surface area contributed by atoms with Crippen LogP contribution in [0.5, 0.6) is 0 Å². The number of carbonyl (C=O) groups is 3. The van der Waals surface area contributed by atoms with Gasteiger partial charge in [-0.2, -0.15) is 0 Å². The first-order valence-corrected chi connectivity index (χ1v) is 7.53. The fourth-order valence-electron chi connectivity index (χ4n) is 3.17. The Bertz CT molecular complexity index is 985. The number of hydrogen-bond acceptors (Lipinski definition) is 7. The summed E-state index contributed by atoms with van der Waals surface area (Å²) in [5, 5.41) is 12.8. The van der Waals surface area contributed by atoms with Crippen LogP contribution in [-0.2, 0) is 19.1 Å². The monoisotopic (exact) mass is 355 g/mol. The van der Waals surface area contributed by atoms with E-state index in [0.29, 0.717) is 10.8 Å². The van der Waals surface area contributed by atoms with Crippen LogP contribution >= 0.6 is 0 Å². The van der Waals surface area contributed by atoms with Gasteiger partial charge in [0.15, 0.2) is 5.92 Å². The van der Waals surface area contributed by atoms with E-state index >= 15 is 0 Å². The highest BCUT2D eigenvalue weighted by atomic mass is 16.6. The number of ketones is 1. The molecule has 0 atom stereocenters. The molecule has 0 unspecified atom stereocenters. The van der Waals surface area contributed by atoms with Gasteiger partial charge in [0.25, 0.3) is 5.78 Å². The number of nitrogens with zero attached hydrogens (tertiary/aromatic N) is 1. The molecule has 2 aromatic rings. The smallest absolute Gasteiger partial charge is 0.324 e. The number of esters is 2. The topological polar surface area (TPSA) is 113 Å². The number of allylic oxidation sites excluding steroid dienone is 1. The summed E-state index contributed by atoms with van der Waals surface area (Å²) in [5.74, 6) is -4.70. The fraction of sp³-hybridized carbons (Fsp3) is 0.167. The maximum atomic E-state index is 12.8. The molecule has 0 saturated carbocycles. The molecule has 1 aliphatic carbocycles. The first kappa shape index (κ1) is 17.3. The van der Waals surface area contributed by atoms with Gasteiger partial charge in [0.2, 0.25) is 0 Å². The predicted molar refractivity (Wildman–Crippen MR) is 89.7 cm³/mol. The second kappa shape index (κ2) is 6.40. The number of ether oxygens (including phenoxy) is 2. The van der Waals surface area contributed by atoms with Crippen molar-refractivity contribution in [3.8, 4) is 0 Å². The summed E-state index contributed by atoms with van der Waals surface area (Å²) in [6.07, 6.45) is 0. The highest BCUT2D eigenvalue weighted by Crippen LogP contribution is 2.40. The summed E-state index contributed by atoms with van der Waals surface area (Å²) >= 11 is 0. The Morgan fingerprint density at radius 1 is 1.00 bits per heavy atom. The minimum Gasteiger partial charge on any atom is -0.468 e. The van der Waals surface area contributed by atoms with E-state index < -0.39 is 34.3 Å². The average Bonchev–Trinajstić information content (AvgIpc) is 2.64. The van der Waals surface area contributed by atoms with Gasteiger partial charge in [-0.3, -0.25) is 24.5 Å². The third-order valence-corrected chi connectivity index (χ3v) is 4.25. The van der Waals surface area contributed by atoms with Gasteiger partial charge in [0.05, 0.1) is 24.7 Å². The minimum atomic E-state index is -1.74. The summed E-state index contributed by atoms with van der Waals surface area (Å²) in [6, 6.07) is 9.70. The summed E-state index contributed by atoms with van der Waals surface area (Å²) in [4.78, 5) is 48.0. The molecular weight excluding hydrogens is 342 g/mol. The first-order valence-electron chi connectivity index (χ1n) is 7.53. The van der Waals surface area contributed by atoms with Crippen molar-refractivity contribution < 1.29 is 28.8 Å². The fourth-order valence-corrected chi connectivity index (χ4v) is 3.17. The molecule has 3 rings (SSSR count). The number of Topliss-reactive ketones (excluding diaryl/α,β-unsaturated/α-hetero) is 1. The van der Waals surface area contributed by atoms with Crippen molar-refractivity contribution in [2.24, 2.45) is 5.92 Å². The van der Waals surface area contributed by atoms with E-state index in [2.05, 4.69) is 9.47 Å². The minimum absolute atomic E-state index is 0.141. The summed E-state index contributed by atoms with van der Waals surface area (Å²) in [6.45, 7) is 0. The Morgan fingerprint density at radius 2 is 1.54 bits per heavy atom. The molecule has 0 aliphatic heterocycles. The molecule has 1 aliphatic rings. The van der Waals surface area contributed by atoms with E-state index in [1.165, 1.54) is 12.1 Å². The van der Waals surface area contributed by atoms with Crippen molar-refractivity contribution in [3.05, 3.63) is 63.3 Å². The highest BCUT2D eigenvalue weighted by Gasteiger charge is 2.45. The van der Waals surface area contributed by atoms with Crippen LogP contribution in [0.3, 0.4) is 0 Å². The van der Waals surface area contributed by atoms with Crippen LogP contribution in [0.25, 0.3) is 16.3 Å². The van der Waals surface area contributed by atoms with E-state index in [1.54, 1.807) is 24.3 Å². The molecule has 26 heavy (non-hydrogen) atoms. The van der Waals surface area contributed by atoms with Crippen LogP contribution in [0.4, 0.5) is 0 Å². The number of hydrogen-bond donors (Lipinski definition) is 0. The molecule has 0 aromatic heterocycles. The third kappa shape index (κ3) is 2.43. The Hall–Kier alpha value is -3.55. The molecule has 0 radical (unpaired) electrons. The second-order valence-electron chi connectivity index (χ2n) is 5.54. The van der Waals surface area contributed by atoms with Crippen molar-refractivity contribution in [2.45, 2.75) is 0 Å². The molecule has 0 spiro atoms. The van der Waals surface area contributed by atoms with Crippen molar-refractivity contribution in [1.82, 2.24) is 0 Å². The van der Waals surface area contributed by atoms with Gasteiger partial charge in [-0.25, -0.2) is 0 Å². The summed E-state index contributed by atoms with van der Waals surface area (Å²) in [5.41, 5.74) is -0.757. The molecule has 0 bridgehead atoms. The molecule has 0 saturated heterocycles. The maximum absolute atomic E-state index is 12.8. The van der Waals surface area contributed by atoms with E-state index in [9.17, 15) is 24.5 Å². The van der Waals surface area contributed by atoms with Gasteiger partial charge in [-0.05, 0) is 10.9 Å². The van der Waals surface area contributed by atoms with Gasteiger partial charge in [0.1, 0.15) is 0 Å². The average molecular weight is 355 g/mol. The van der Waals surface area contributed by atoms with Crippen molar-refractivity contribution >= 4 is 34.1 Å². The number of methoxy groups -OCH3 is 2. The number of carbonyl (C=O) groups excluding carboxylic acids is 3. The molecule has 2 aromatic carbocycles. The number of benzene rings is 2. The van der Waals surface area contributed by atoms with Crippen molar-refractivity contribution in [3.63, 3.8) is 0 Å². The first-order chi connectivity index (χ1) is 12.4. The number of nitro groups is 1. The van der Waals surface area contributed by atoms with Crippen LogP contribution in [-0.4, -0.2) is 36.9 Å². The van der Waals surface area contributed by atoms with Crippen LogP contribution in [0, 0.1) is 16.0 Å². The Morgan fingerprint density at radius 3 is 2.04 bits per heavy atom. The van der Waals surface area contributed by atoms with Crippen LogP contribution < -0.4 is 0 Å². The largest absolute Gasteiger partial charge is 0.468 e. The molecule has 0 heterocycles. The Kier molecular flexibility index (Phi) is 4.25. The zero-order valence-electron chi connectivity index (χ0n) is 13.8. The quantitative estimate of drug-likeness (QED) is 0.357. The number of rotatable bonds is 4. The van der Waals surface area contributed by atoms with Crippen LogP contribution in [0.1, 0.15) is 15.9 Å². The molecule has 0 fully saturated rings. The lowest BCUT2D eigenvalue weighted by atomic mass is 9.80. The summed E-state index contributed by atoms with van der Waals surface area (Å²) < 4.78 is 9.26. The second-order valence-corrected chi connectivity index (χ2v) is 5.54. The van der Waals surface area contributed by atoms with Gasteiger partial charge >= 0.3 is 17.6 Å². The molecule has 0 N–H and O–H groups in total. The highest BCUT2D eigenvalue weighted by molar-refractivity contribution is 6.26. The van der Waals surface area contributed by atoms with Crippen LogP contribution in [0.2, 0.25) is 0 Å². The SMILES string of the molecule is COC(=O)C(C(=O)OC)C1=C([N+](=O)[O-])C(=O)c2cccc3cccc1c23. The Balaban J connectivity index is 2.45. The normalized spacial score (nSPS) is 13.1. The van der Waals surface area contributed by atoms with Crippen molar-refractivity contribution in [2.75, 3.05) is 14.2 Å². The van der Waals surface area contributed by atoms with E-state index in [4.69, 9.17) is 0 Å². The van der Waals surface area contributed by atoms with Crippen LogP contribution in [0.15, 0.2) is 42.1 Å². The van der Waals surface area contributed by atoms with Crippen molar-refractivity contribution in [1.29, 1.82) is 0 Å². The van der Waals surface area contributed by atoms with Gasteiger partial charge in [-0.1, -0.05) is 36.4 Å². The van der Waals surface area contributed by atoms with Gasteiger partial charge in [0, 0.05) is 10.9 Å². The lowest BCUT2D eigenvalue weighted by Crippen LogP contribution is -2.32. The summed E-state index contributed by atoms with van der Waals surface area (Å²) in [7, 11) is 2.09.